The Labute approximate surface area is 354 Å². The molecule has 0 amide bonds. The minimum atomic E-state index is -0.955. The maximum Gasteiger partial charge on any atom is 0.305 e. The third-order valence-electron chi connectivity index (χ3n) is 11.5. The highest BCUT2D eigenvalue weighted by atomic mass is 16.6. The normalized spacial score (nSPS) is 12.6. The van der Waals surface area contributed by atoms with Crippen LogP contribution in [0.3, 0.4) is 0 Å². The predicted octanol–water partition coefficient (Wildman–Crippen LogP) is 14.5. The molecule has 0 fully saturated rings. The first kappa shape index (κ1) is 55.8. The summed E-state index contributed by atoms with van der Waals surface area (Å²) < 4.78 is 15.7. The second-order valence-corrected chi connectivity index (χ2v) is 17.4. The summed E-state index contributed by atoms with van der Waals surface area (Å²) in [5.74, 6) is -0.587. The van der Waals surface area contributed by atoms with E-state index in [1.165, 1.54) is 205 Å². The van der Waals surface area contributed by atoms with E-state index in [9.17, 15) is 19.8 Å². The second-order valence-electron chi connectivity index (χ2n) is 17.4. The van der Waals surface area contributed by atoms with E-state index >= 15 is 0 Å². The van der Waals surface area contributed by atoms with Crippen LogP contribution in [0.5, 0.6) is 0 Å². The van der Waals surface area contributed by atoms with E-state index in [2.05, 4.69) is 13.8 Å². The van der Waals surface area contributed by atoms with Gasteiger partial charge >= 0.3 is 11.9 Å². The van der Waals surface area contributed by atoms with Crippen LogP contribution in [0, 0.1) is 0 Å². The van der Waals surface area contributed by atoms with Gasteiger partial charge in [0, 0.05) is 12.8 Å². The summed E-state index contributed by atoms with van der Waals surface area (Å²) in [6.45, 7) is 4.20. The number of carbonyl (C=O) groups is 2. The van der Waals surface area contributed by atoms with Crippen molar-refractivity contribution in [3.63, 3.8) is 0 Å². The van der Waals surface area contributed by atoms with Crippen LogP contribution < -0.4 is 0 Å². The number of aliphatic hydroxyl groups excluding tert-OH is 2. The van der Waals surface area contributed by atoms with Gasteiger partial charge in [-0.1, -0.05) is 245 Å². The standard InChI is InChI=1S/C50H98O7/c1-3-5-7-9-11-13-15-17-19-21-23-25-27-29-31-33-35-37-39-41-49(53)56-45-47(51)43-55-44-48(52)46-57-50(54)42-40-38-36-34-32-30-28-26-24-22-20-18-16-14-12-10-8-6-4-2/h47-48,51-52H,3-46H2,1-2H3/t47-,48-/m0/s1. The topological polar surface area (TPSA) is 102 Å². The van der Waals surface area contributed by atoms with Gasteiger partial charge in [-0.15, -0.1) is 0 Å². The van der Waals surface area contributed by atoms with Gasteiger partial charge in [0.05, 0.1) is 13.2 Å². The van der Waals surface area contributed by atoms with Gasteiger partial charge in [-0.2, -0.15) is 0 Å². The van der Waals surface area contributed by atoms with Crippen molar-refractivity contribution >= 4 is 11.9 Å². The van der Waals surface area contributed by atoms with E-state index in [1.54, 1.807) is 0 Å². The zero-order valence-electron chi connectivity index (χ0n) is 38.2. The van der Waals surface area contributed by atoms with Gasteiger partial charge in [-0.05, 0) is 12.8 Å². The number of hydrogen-bond acceptors (Lipinski definition) is 7. The number of hydrogen-bond donors (Lipinski definition) is 2. The molecule has 0 saturated carbocycles. The molecule has 7 nitrogen and oxygen atoms in total. The largest absolute Gasteiger partial charge is 0.463 e. The molecule has 0 aliphatic rings. The first-order valence-electron chi connectivity index (χ1n) is 25.2. The summed E-state index contributed by atoms with van der Waals surface area (Å²) in [6.07, 6.45) is 48.9. The molecule has 0 aromatic carbocycles. The average Bonchev–Trinajstić information content (AvgIpc) is 3.21. The molecule has 0 saturated heterocycles. The number of unbranched alkanes of at least 4 members (excludes halogenated alkanes) is 36. The fraction of sp³-hybridized carbons (Fsp3) is 0.960. The smallest absolute Gasteiger partial charge is 0.305 e. The Morgan fingerprint density at radius 3 is 0.719 bits per heavy atom. The number of rotatable bonds is 48. The quantitative estimate of drug-likeness (QED) is 0.0466. The SMILES string of the molecule is CCCCCCCCCCCCCCCCCCCCCC(=O)OC[C@@H](O)COC[C@H](O)COC(=O)CCCCCCCCCCCCCCCCCCCCC. The van der Waals surface area contributed by atoms with Crippen molar-refractivity contribution in [1.82, 2.24) is 0 Å². The van der Waals surface area contributed by atoms with Crippen LogP contribution in [-0.2, 0) is 23.8 Å². The fourth-order valence-corrected chi connectivity index (χ4v) is 7.65. The van der Waals surface area contributed by atoms with Gasteiger partial charge in [0.25, 0.3) is 0 Å². The van der Waals surface area contributed by atoms with E-state index in [0.717, 1.165) is 38.5 Å². The van der Waals surface area contributed by atoms with Crippen LogP contribution in [0.4, 0.5) is 0 Å². The van der Waals surface area contributed by atoms with Crippen molar-refractivity contribution in [3.05, 3.63) is 0 Å². The summed E-state index contributed by atoms with van der Waals surface area (Å²) in [7, 11) is 0. The van der Waals surface area contributed by atoms with E-state index in [-0.39, 0.29) is 38.4 Å². The van der Waals surface area contributed by atoms with Crippen molar-refractivity contribution in [2.45, 2.75) is 283 Å². The summed E-state index contributed by atoms with van der Waals surface area (Å²) >= 11 is 0. The van der Waals surface area contributed by atoms with E-state index in [4.69, 9.17) is 14.2 Å². The van der Waals surface area contributed by atoms with Crippen molar-refractivity contribution < 1.29 is 34.0 Å². The third kappa shape index (κ3) is 47.4. The number of ether oxygens (including phenoxy) is 3. The predicted molar refractivity (Wildman–Crippen MR) is 241 cm³/mol. The van der Waals surface area contributed by atoms with Gasteiger partial charge in [-0.25, -0.2) is 0 Å². The molecule has 0 aliphatic heterocycles. The second kappa shape index (κ2) is 47.5. The lowest BCUT2D eigenvalue weighted by atomic mass is 10.0. The first-order chi connectivity index (χ1) is 28.0. The molecule has 0 unspecified atom stereocenters. The molecule has 0 spiro atoms. The Balaban J connectivity index is 3.41. The first-order valence-corrected chi connectivity index (χ1v) is 25.2. The maximum atomic E-state index is 12.0. The Hall–Kier alpha value is -1.18. The van der Waals surface area contributed by atoms with E-state index in [1.807, 2.05) is 0 Å². The van der Waals surface area contributed by atoms with E-state index < -0.39 is 12.2 Å². The van der Waals surface area contributed by atoms with Crippen LogP contribution in [0.2, 0.25) is 0 Å². The fourth-order valence-electron chi connectivity index (χ4n) is 7.65. The highest BCUT2D eigenvalue weighted by Crippen LogP contribution is 2.17. The lowest BCUT2D eigenvalue weighted by molar-refractivity contribution is -0.149. The summed E-state index contributed by atoms with van der Waals surface area (Å²) in [4.78, 5) is 24.1. The summed E-state index contributed by atoms with van der Waals surface area (Å²) in [5.41, 5.74) is 0. The Morgan fingerprint density at radius 1 is 0.316 bits per heavy atom. The molecule has 340 valence electrons. The van der Waals surface area contributed by atoms with Crippen LogP contribution >= 0.6 is 0 Å². The Morgan fingerprint density at radius 2 is 0.509 bits per heavy atom. The minimum Gasteiger partial charge on any atom is -0.463 e. The van der Waals surface area contributed by atoms with Gasteiger partial charge < -0.3 is 24.4 Å². The Bertz CT molecular complexity index is 742. The molecule has 2 atom stereocenters. The average molecular weight is 811 g/mol. The third-order valence-corrected chi connectivity index (χ3v) is 11.5. The molecule has 0 aromatic heterocycles. The maximum absolute atomic E-state index is 12.0. The molecule has 0 bridgehead atoms. The molecule has 0 aromatic rings. The molecule has 2 N–H and O–H groups in total. The number of carbonyl (C=O) groups excluding carboxylic acids is 2. The van der Waals surface area contributed by atoms with Crippen molar-refractivity contribution in [3.8, 4) is 0 Å². The lowest BCUT2D eigenvalue weighted by Gasteiger charge is -2.15. The molecule has 7 heteroatoms. The zero-order chi connectivity index (χ0) is 41.5. The zero-order valence-corrected chi connectivity index (χ0v) is 38.2. The lowest BCUT2D eigenvalue weighted by Crippen LogP contribution is -2.28. The Kier molecular flexibility index (Phi) is 46.5. The van der Waals surface area contributed by atoms with Crippen molar-refractivity contribution in [1.29, 1.82) is 0 Å². The molecular formula is C50H98O7. The van der Waals surface area contributed by atoms with Crippen LogP contribution in [0.15, 0.2) is 0 Å². The van der Waals surface area contributed by atoms with Crippen molar-refractivity contribution in [2.24, 2.45) is 0 Å². The number of esters is 2. The number of aliphatic hydroxyl groups is 2. The van der Waals surface area contributed by atoms with E-state index in [0.29, 0.717) is 12.8 Å². The molecular weight excluding hydrogens is 713 g/mol. The van der Waals surface area contributed by atoms with Crippen LogP contribution in [0.25, 0.3) is 0 Å². The summed E-state index contributed by atoms with van der Waals surface area (Å²) in [5, 5.41) is 20.2. The monoisotopic (exact) mass is 811 g/mol. The highest BCUT2D eigenvalue weighted by molar-refractivity contribution is 5.69. The van der Waals surface area contributed by atoms with Gasteiger partial charge in [0.15, 0.2) is 0 Å². The van der Waals surface area contributed by atoms with Crippen molar-refractivity contribution in [2.75, 3.05) is 26.4 Å². The molecule has 0 rings (SSSR count). The minimum absolute atomic E-state index is 0.0586. The molecule has 0 aliphatic carbocycles. The molecule has 0 heterocycles. The van der Waals surface area contributed by atoms with Crippen LogP contribution in [-0.4, -0.2) is 60.8 Å². The van der Waals surface area contributed by atoms with Crippen LogP contribution in [0.1, 0.15) is 271 Å². The summed E-state index contributed by atoms with van der Waals surface area (Å²) in [6, 6.07) is 0. The van der Waals surface area contributed by atoms with Gasteiger partial charge in [-0.3, -0.25) is 9.59 Å². The molecule has 0 radical (unpaired) electrons. The highest BCUT2D eigenvalue weighted by Gasteiger charge is 2.13. The van der Waals surface area contributed by atoms with Gasteiger partial charge in [0.2, 0.25) is 0 Å². The molecule has 57 heavy (non-hydrogen) atoms. The van der Waals surface area contributed by atoms with Gasteiger partial charge in [0.1, 0.15) is 25.4 Å².